The fourth-order valence-electron chi connectivity index (χ4n) is 3.00. The van der Waals surface area contributed by atoms with E-state index in [1.165, 1.54) is 5.69 Å². The summed E-state index contributed by atoms with van der Waals surface area (Å²) in [5.41, 5.74) is 3.78. The molecule has 4 rings (SSSR count). The van der Waals surface area contributed by atoms with E-state index in [4.69, 9.17) is 20.9 Å². The van der Waals surface area contributed by atoms with Gasteiger partial charge in [-0.15, -0.1) is 6.42 Å². The molecule has 1 saturated heterocycles. The molecule has 1 fully saturated rings. The molecule has 1 aliphatic heterocycles. The zero-order valence-corrected chi connectivity index (χ0v) is 15.3. The summed E-state index contributed by atoms with van der Waals surface area (Å²) in [7, 11) is 1.64. The first-order valence-electron chi connectivity index (χ1n) is 8.42. The number of nitrogens with one attached hydrogen (secondary N) is 1. The first-order chi connectivity index (χ1) is 12.8. The molecule has 0 unspecified atom stereocenters. The molecule has 1 aliphatic rings. The van der Waals surface area contributed by atoms with E-state index in [2.05, 4.69) is 34.3 Å². The minimum atomic E-state index is 0.734. The molecule has 6 heteroatoms. The summed E-state index contributed by atoms with van der Waals surface area (Å²) in [5.74, 6) is 3.38. The highest BCUT2D eigenvalue weighted by Crippen LogP contribution is 2.34. The molecule has 0 atom stereocenters. The van der Waals surface area contributed by atoms with Gasteiger partial charge in [0.25, 0.3) is 0 Å². The van der Waals surface area contributed by atoms with Crippen molar-refractivity contribution < 1.29 is 9.47 Å². The summed E-state index contributed by atoms with van der Waals surface area (Å²) in [6, 6.07) is 12.0. The summed E-state index contributed by atoms with van der Waals surface area (Å²) in [6.07, 6.45) is 5.51. The van der Waals surface area contributed by atoms with E-state index in [0.717, 1.165) is 58.7 Å². The molecular weight excluding hydrogens is 346 g/mol. The van der Waals surface area contributed by atoms with Crippen LogP contribution in [0.25, 0.3) is 10.2 Å². The Balaban J connectivity index is 1.63. The maximum Gasteiger partial charge on any atom is 0.188 e. The first kappa shape index (κ1) is 16.7. The van der Waals surface area contributed by atoms with Gasteiger partial charge in [0.2, 0.25) is 0 Å². The van der Waals surface area contributed by atoms with Crippen LogP contribution in [0.5, 0.6) is 5.75 Å². The highest BCUT2D eigenvalue weighted by atomic mass is 32.1. The molecule has 0 amide bonds. The van der Waals surface area contributed by atoms with Crippen LogP contribution < -0.4 is 15.0 Å². The number of benzene rings is 2. The van der Waals surface area contributed by atoms with E-state index in [-0.39, 0.29) is 0 Å². The van der Waals surface area contributed by atoms with Crippen LogP contribution in [0.2, 0.25) is 0 Å². The summed E-state index contributed by atoms with van der Waals surface area (Å²) < 4.78 is 12.0. The normalized spacial score (nSPS) is 14.2. The minimum absolute atomic E-state index is 0.734. The molecule has 26 heavy (non-hydrogen) atoms. The number of terminal acetylenes is 1. The lowest BCUT2D eigenvalue weighted by Gasteiger charge is -2.28. The summed E-state index contributed by atoms with van der Waals surface area (Å²) in [6.45, 7) is 3.37. The van der Waals surface area contributed by atoms with Crippen molar-refractivity contribution in [3.05, 3.63) is 42.0 Å². The number of ether oxygens (including phenoxy) is 2. The number of rotatable bonds is 4. The van der Waals surface area contributed by atoms with E-state index < -0.39 is 0 Å². The molecule has 2 heterocycles. The third-order valence-corrected chi connectivity index (χ3v) is 5.31. The number of anilines is 3. The number of hydrogen-bond acceptors (Lipinski definition) is 6. The summed E-state index contributed by atoms with van der Waals surface area (Å²) in [4.78, 5) is 7.06. The Morgan fingerprint density at radius 3 is 2.85 bits per heavy atom. The van der Waals surface area contributed by atoms with Gasteiger partial charge in [0.1, 0.15) is 5.75 Å². The molecular formula is C20H19N3O2S. The van der Waals surface area contributed by atoms with E-state index in [1.807, 2.05) is 18.2 Å². The van der Waals surface area contributed by atoms with Gasteiger partial charge < -0.3 is 19.7 Å². The zero-order chi connectivity index (χ0) is 17.9. The van der Waals surface area contributed by atoms with Crippen molar-refractivity contribution in [1.82, 2.24) is 4.98 Å². The number of methoxy groups -OCH3 is 1. The van der Waals surface area contributed by atoms with Crippen LogP contribution in [0.1, 0.15) is 5.56 Å². The van der Waals surface area contributed by atoms with Crippen molar-refractivity contribution in [2.75, 3.05) is 43.6 Å². The van der Waals surface area contributed by atoms with Gasteiger partial charge in [-0.3, -0.25) is 0 Å². The molecule has 1 aromatic heterocycles. The monoisotopic (exact) mass is 365 g/mol. The largest absolute Gasteiger partial charge is 0.495 e. The second-order valence-electron chi connectivity index (χ2n) is 5.95. The number of aromatic nitrogens is 1. The van der Waals surface area contributed by atoms with Crippen LogP contribution in [0, 0.1) is 12.3 Å². The number of morpholine rings is 1. The molecule has 3 aromatic rings. The predicted octanol–water partition coefficient (Wildman–Crippen LogP) is 3.87. The molecule has 0 spiro atoms. The highest BCUT2D eigenvalue weighted by Gasteiger charge is 2.13. The smallest absolute Gasteiger partial charge is 0.188 e. The molecule has 1 N–H and O–H groups in total. The fraction of sp³-hybridized carbons (Fsp3) is 0.250. The lowest BCUT2D eigenvalue weighted by molar-refractivity contribution is 0.122. The summed E-state index contributed by atoms with van der Waals surface area (Å²) >= 11 is 1.61. The van der Waals surface area contributed by atoms with Crippen LogP contribution >= 0.6 is 11.3 Å². The van der Waals surface area contributed by atoms with Crippen LogP contribution in [-0.2, 0) is 4.74 Å². The van der Waals surface area contributed by atoms with Crippen molar-refractivity contribution in [3.63, 3.8) is 0 Å². The van der Waals surface area contributed by atoms with Gasteiger partial charge in [-0.2, -0.15) is 0 Å². The van der Waals surface area contributed by atoms with E-state index in [0.29, 0.717) is 0 Å². The fourth-order valence-corrected chi connectivity index (χ4v) is 3.86. The van der Waals surface area contributed by atoms with Crippen LogP contribution in [0.4, 0.5) is 16.5 Å². The highest BCUT2D eigenvalue weighted by molar-refractivity contribution is 7.22. The third kappa shape index (κ3) is 3.32. The van der Waals surface area contributed by atoms with Crippen LogP contribution in [0.15, 0.2) is 36.4 Å². The second kappa shape index (κ2) is 7.24. The van der Waals surface area contributed by atoms with Gasteiger partial charge in [-0.05, 0) is 36.4 Å². The van der Waals surface area contributed by atoms with Gasteiger partial charge in [0.05, 0.1) is 36.2 Å². The third-order valence-electron chi connectivity index (χ3n) is 4.36. The Hall–Kier alpha value is -2.75. The molecule has 5 nitrogen and oxygen atoms in total. The van der Waals surface area contributed by atoms with Gasteiger partial charge >= 0.3 is 0 Å². The average molecular weight is 365 g/mol. The molecule has 2 aromatic carbocycles. The number of hydrogen-bond donors (Lipinski definition) is 1. The predicted molar refractivity (Wildman–Crippen MR) is 107 cm³/mol. The second-order valence-corrected chi connectivity index (χ2v) is 6.99. The Labute approximate surface area is 156 Å². The van der Waals surface area contributed by atoms with Crippen molar-refractivity contribution >= 4 is 38.1 Å². The zero-order valence-electron chi connectivity index (χ0n) is 14.5. The van der Waals surface area contributed by atoms with Crippen molar-refractivity contribution in [2.45, 2.75) is 0 Å². The van der Waals surface area contributed by atoms with Gasteiger partial charge in [-0.25, -0.2) is 4.98 Å². The summed E-state index contributed by atoms with van der Waals surface area (Å²) in [5, 5.41) is 4.15. The maximum absolute atomic E-state index is 5.51. The van der Waals surface area contributed by atoms with E-state index in [9.17, 15) is 0 Å². The topological polar surface area (TPSA) is 46.6 Å². The molecule has 0 bridgehead atoms. The standard InChI is InChI=1S/C20H19N3O2S/c1-3-14-4-6-18(24-2)16(12-14)21-20-22-17-13-15(5-7-19(17)26-20)23-8-10-25-11-9-23/h1,4-7,12-13H,8-11H2,2H3,(H,21,22). The Kier molecular flexibility index (Phi) is 4.65. The quantitative estimate of drug-likeness (QED) is 0.711. The van der Waals surface area contributed by atoms with Gasteiger partial charge in [0, 0.05) is 24.3 Å². The van der Waals surface area contributed by atoms with Crippen LogP contribution in [0.3, 0.4) is 0 Å². The van der Waals surface area contributed by atoms with Gasteiger partial charge in [-0.1, -0.05) is 17.3 Å². The maximum atomic E-state index is 5.51. The van der Waals surface area contributed by atoms with Crippen molar-refractivity contribution in [2.24, 2.45) is 0 Å². The average Bonchev–Trinajstić information content (AvgIpc) is 3.10. The SMILES string of the molecule is C#Cc1ccc(OC)c(Nc2nc3cc(N4CCOCC4)ccc3s2)c1. The number of nitrogens with zero attached hydrogens (tertiary/aromatic N) is 2. The van der Waals surface area contributed by atoms with E-state index >= 15 is 0 Å². The van der Waals surface area contributed by atoms with E-state index in [1.54, 1.807) is 18.4 Å². The first-order valence-corrected chi connectivity index (χ1v) is 9.23. The lowest BCUT2D eigenvalue weighted by atomic mass is 10.2. The van der Waals surface area contributed by atoms with Gasteiger partial charge in [0.15, 0.2) is 5.13 Å². The molecule has 0 saturated carbocycles. The molecule has 0 aliphatic carbocycles. The Morgan fingerprint density at radius 2 is 2.08 bits per heavy atom. The minimum Gasteiger partial charge on any atom is -0.495 e. The number of thiazole rings is 1. The Bertz CT molecular complexity index is 971. The van der Waals surface area contributed by atoms with Crippen molar-refractivity contribution in [1.29, 1.82) is 0 Å². The molecule has 132 valence electrons. The number of fused-ring (bicyclic) bond motifs is 1. The van der Waals surface area contributed by atoms with Crippen LogP contribution in [-0.4, -0.2) is 38.4 Å². The Morgan fingerprint density at radius 1 is 1.23 bits per heavy atom. The molecule has 0 radical (unpaired) electrons. The van der Waals surface area contributed by atoms with Crippen molar-refractivity contribution in [3.8, 4) is 18.1 Å². The lowest BCUT2D eigenvalue weighted by Crippen LogP contribution is -2.36.